The average molecular weight is 391 g/mol. The zero-order chi connectivity index (χ0) is 19.7. The van der Waals surface area contributed by atoms with Gasteiger partial charge < -0.3 is 33.2 Å². The molecule has 7 nitrogen and oxygen atoms in total. The van der Waals surface area contributed by atoms with Crippen LogP contribution in [0.15, 0.2) is 0 Å². The predicted molar refractivity (Wildman–Crippen MR) is 104 cm³/mol. The predicted octanol–water partition coefficient (Wildman–Crippen LogP) is 1.93. The molecule has 0 aliphatic heterocycles. The van der Waals surface area contributed by atoms with Gasteiger partial charge >= 0.3 is 0 Å². The molecule has 7 heteroatoms. The Labute approximate surface area is 164 Å². The minimum Gasteiger partial charge on any atom is -0.379 e. The van der Waals surface area contributed by atoms with E-state index in [9.17, 15) is 0 Å². The Hall–Kier alpha value is -0.720. The number of hydrogen-bond acceptors (Lipinski definition) is 7. The van der Waals surface area contributed by atoms with E-state index in [-0.39, 0.29) is 0 Å². The lowest BCUT2D eigenvalue weighted by Crippen LogP contribution is -2.14. The van der Waals surface area contributed by atoms with Gasteiger partial charge in [-0.1, -0.05) is 25.7 Å². The number of hydrogen-bond donors (Lipinski definition) is 0. The molecule has 0 aliphatic rings. The van der Waals surface area contributed by atoms with Crippen LogP contribution in [0.3, 0.4) is 0 Å². The third-order valence-corrected chi connectivity index (χ3v) is 3.31. The molecule has 0 N–H and O–H groups in total. The molecular weight excluding hydrogens is 352 g/mol. The van der Waals surface area contributed by atoms with Gasteiger partial charge in [0.25, 0.3) is 0 Å². The van der Waals surface area contributed by atoms with Gasteiger partial charge in [-0.25, -0.2) is 0 Å². The van der Waals surface area contributed by atoms with E-state index >= 15 is 0 Å². The molecule has 0 amide bonds. The molecule has 0 aliphatic carbocycles. The van der Waals surface area contributed by atoms with Crippen molar-refractivity contribution in [1.82, 2.24) is 0 Å². The molecule has 0 unspecified atom stereocenters. The van der Waals surface area contributed by atoms with E-state index in [0.29, 0.717) is 85.9 Å². The molecule has 0 spiro atoms. The van der Waals surface area contributed by atoms with Crippen molar-refractivity contribution in [1.29, 1.82) is 0 Å². The SMILES string of the molecule is C#CCOCCOCCOCCOCCOCCOCCOCCCCC. The summed E-state index contributed by atoms with van der Waals surface area (Å²) in [7, 11) is 0. The zero-order valence-electron chi connectivity index (χ0n) is 17.0. The van der Waals surface area contributed by atoms with Crippen molar-refractivity contribution in [2.75, 3.05) is 92.5 Å². The highest BCUT2D eigenvalue weighted by Gasteiger charge is 1.94. The molecule has 0 atom stereocenters. The van der Waals surface area contributed by atoms with Crippen LogP contribution in [0.4, 0.5) is 0 Å². The van der Waals surface area contributed by atoms with Gasteiger partial charge in [-0.3, -0.25) is 0 Å². The first kappa shape index (κ1) is 26.3. The summed E-state index contributed by atoms with van der Waals surface area (Å²) in [4.78, 5) is 0. The topological polar surface area (TPSA) is 64.6 Å². The number of ether oxygens (including phenoxy) is 7. The largest absolute Gasteiger partial charge is 0.379 e. The summed E-state index contributed by atoms with van der Waals surface area (Å²) in [6, 6.07) is 0. The smallest absolute Gasteiger partial charge is 0.107 e. The molecule has 0 radical (unpaired) electrons. The lowest BCUT2D eigenvalue weighted by Gasteiger charge is -2.08. The zero-order valence-corrected chi connectivity index (χ0v) is 17.0. The fourth-order valence-electron chi connectivity index (χ4n) is 1.90. The first-order valence-corrected chi connectivity index (χ1v) is 9.89. The summed E-state index contributed by atoms with van der Waals surface area (Å²) in [5.41, 5.74) is 0. The molecule has 0 fully saturated rings. The van der Waals surface area contributed by atoms with E-state index in [1.807, 2.05) is 0 Å². The average Bonchev–Trinajstić information content (AvgIpc) is 2.68. The maximum Gasteiger partial charge on any atom is 0.107 e. The van der Waals surface area contributed by atoms with Crippen molar-refractivity contribution in [3.8, 4) is 12.3 Å². The fourth-order valence-corrected chi connectivity index (χ4v) is 1.90. The summed E-state index contributed by atoms with van der Waals surface area (Å²) in [5.74, 6) is 2.40. The summed E-state index contributed by atoms with van der Waals surface area (Å²) < 4.78 is 37.5. The van der Waals surface area contributed by atoms with Crippen LogP contribution < -0.4 is 0 Å². The van der Waals surface area contributed by atoms with Crippen LogP contribution in [0.25, 0.3) is 0 Å². The second kappa shape index (κ2) is 25.3. The van der Waals surface area contributed by atoms with E-state index in [1.165, 1.54) is 12.8 Å². The Morgan fingerprint density at radius 2 is 0.815 bits per heavy atom. The third-order valence-electron chi connectivity index (χ3n) is 3.31. The molecule has 0 aromatic rings. The monoisotopic (exact) mass is 390 g/mol. The Morgan fingerprint density at radius 1 is 0.481 bits per heavy atom. The Kier molecular flexibility index (Phi) is 24.6. The number of rotatable bonds is 23. The number of terminal acetylenes is 1. The van der Waals surface area contributed by atoms with Crippen LogP contribution in [-0.4, -0.2) is 92.5 Å². The van der Waals surface area contributed by atoms with Crippen molar-refractivity contribution in [2.24, 2.45) is 0 Å². The molecule has 0 bridgehead atoms. The normalized spacial score (nSPS) is 11.0. The van der Waals surface area contributed by atoms with Gasteiger partial charge in [0.05, 0.1) is 79.3 Å². The van der Waals surface area contributed by atoms with Gasteiger partial charge in [0.15, 0.2) is 0 Å². The Balaban J connectivity index is 2.96. The van der Waals surface area contributed by atoms with Gasteiger partial charge in [0.1, 0.15) is 6.61 Å². The molecule has 0 heterocycles. The fraction of sp³-hybridized carbons (Fsp3) is 0.900. The highest BCUT2D eigenvalue weighted by atomic mass is 16.6. The maximum atomic E-state index is 5.45. The molecule has 27 heavy (non-hydrogen) atoms. The van der Waals surface area contributed by atoms with Gasteiger partial charge in [0, 0.05) is 6.61 Å². The lowest BCUT2D eigenvalue weighted by molar-refractivity contribution is -0.0197. The highest BCUT2D eigenvalue weighted by molar-refractivity contribution is 4.82. The van der Waals surface area contributed by atoms with Gasteiger partial charge in [-0.05, 0) is 6.42 Å². The van der Waals surface area contributed by atoms with Gasteiger partial charge in [0.2, 0.25) is 0 Å². The molecule has 0 saturated carbocycles. The van der Waals surface area contributed by atoms with Crippen molar-refractivity contribution in [3.63, 3.8) is 0 Å². The van der Waals surface area contributed by atoms with Gasteiger partial charge in [-0.2, -0.15) is 0 Å². The standard InChI is InChI=1S/C20H38O7/c1-3-5-6-8-22-10-12-24-14-16-26-18-20-27-19-17-25-15-13-23-11-9-21-7-4-2/h2H,3,5-20H2,1H3. The van der Waals surface area contributed by atoms with Crippen LogP contribution >= 0.6 is 0 Å². The molecule has 0 aromatic carbocycles. The molecular formula is C20H38O7. The minimum absolute atomic E-state index is 0.322. The number of unbranched alkanes of at least 4 members (excludes halogenated alkanes) is 2. The van der Waals surface area contributed by atoms with E-state index in [4.69, 9.17) is 39.6 Å². The van der Waals surface area contributed by atoms with Crippen molar-refractivity contribution < 1.29 is 33.2 Å². The third kappa shape index (κ3) is 25.3. The second-order valence-electron chi connectivity index (χ2n) is 5.64. The van der Waals surface area contributed by atoms with E-state index in [0.717, 1.165) is 13.0 Å². The Morgan fingerprint density at radius 3 is 1.15 bits per heavy atom. The van der Waals surface area contributed by atoms with E-state index in [1.54, 1.807) is 0 Å². The summed E-state index contributed by atoms with van der Waals surface area (Å²) in [6.45, 7) is 10.0. The van der Waals surface area contributed by atoms with Crippen molar-refractivity contribution >= 4 is 0 Å². The first-order valence-electron chi connectivity index (χ1n) is 9.89. The van der Waals surface area contributed by atoms with Crippen molar-refractivity contribution in [3.05, 3.63) is 0 Å². The molecule has 160 valence electrons. The summed E-state index contributed by atoms with van der Waals surface area (Å²) in [5, 5.41) is 0. The molecule has 0 aromatic heterocycles. The van der Waals surface area contributed by atoms with E-state index in [2.05, 4.69) is 12.8 Å². The highest BCUT2D eigenvalue weighted by Crippen LogP contribution is 1.93. The van der Waals surface area contributed by atoms with Crippen LogP contribution in [0.5, 0.6) is 0 Å². The van der Waals surface area contributed by atoms with Crippen molar-refractivity contribution in [2.45, 2.75) is 26.2 Å². The quantitative estimate of drug-likeness (QED) is 0.195. The van der Waals surface area contributed by atoms with Crippen LogP contribution in [-0.2, 0) is 33.2 Å². The Bertz CT molecular complexity index is 307. The van der Waals surface area contributed by atoms with Crippen LogP contribution in [0.2, 0.25) is 0 Å². The van der Waals surface area contributed by atoms with Crippen LogP contribution in [0.1, 0.15) is 26.2 Å². The van der Waals surface area contributed by atoms with E-state index < -0.39 is 0 Å². The lowest BCUT2D eigenvalue weighted by atomic mass is 10.3. The molecule has 0 saturated heterocycles. The van der Waals surface area contributed by atoms with Gasteiger partial charge in [-0.15, -0.1) is 6.42 Å². The maximum absolute atomic E-state index is 5.45. The summed E-state index contributed by atoms with van der Waals surface area (Å²) in [6.07, 6.45) is 8.62. The molecule has 0 rings (SSSR count). The minimum atomic E-state index is 0.322. The summed E-state index contributed by atoms with van der Waals surface area (Å²) >= 11 is 0. The first-order chi connectivity index (χ1) is 13.4. The van der Waals surface area contributed by atoms with Crippen LogP contribution in [0, 0.1) is 12.3 Å². The second-order valence-corrected chi connectivity index (χ2v) is 5.64.